The first-order valence-corrected chi connectivity index (χ1v) is 6.84. The van der Waals surface area contributed by atoms with E-state index in [0.717, 1.165) is 34.3 Å². The molecule has 0 fully saturated rings. The second kappa shape index (κ2) is 6.04. The van der Waals surface area contributed by atoms with Gasteiger partial charge in [0.2, 0.25) is 0 Å². The van der Waals surface area contributed by atoms with E-state index in [-0.39, 0.29) is 0 Å². The van der Waals surface area contributed by atoms with Gasteiger partial charge in [-0.05, 0) is 26.1 Å². The van der Waals surface area contributed by atoms with E-state index in [4.69, 9.17) is 9.47 Å². The van der Waals surface area contributed by atoms with Crippen LogP contribution in [0.3, 0.4) is 0 Å². The van der Waals surface area contributed by atoms with Gasteiger partial charge in [0.05, 0.1) is 19.9 Å². The fraction of sp³-hybridized carbons (Fsp3) is 0.357. The smallest absolute Gasteiger partial charge is 0.124 e. The average Bonchev–Trinajstić information content (AvgIpc) is 2.80. The summed E-state index contributed by atoms with van der Waals surface area (Å²) >= 11 is 1.69. The Morgan fingerprint density at radius 1 is 1.16 bits per heavy atom. The van der Waals surface area contributed by atoms with Crippen LogP contribution in [0.15, 0.2) is 18.2 Å². The minimum atomic E-state index is 0.775. The molecule has 0 saturated heterocycles. The standard InChI is InChI=1S/C14H18N2O2S/c1-9-13(8-15-2)19-14(16-9)10-5-11(17-3)7-12(6-10)18-4/h5-7,15H,8H2,1-4H3. The lowest BCUT2D eigenvalue weighted by atomic mass is 10.2. The van der Waals surface area contributed by atoms with Crippen LogP contribution in [0.2, 0.25) is 0 Å². The first-order valence-electron chi connectivity index (χ1n) is 6.02. The van der Waals surface area contributed by atoms with Crippen LogP contribution >= 0.6 is 11.3 Å². The predicted molar refractivity (Wildman–Crippen MR) is 78.2 cm³/mol. The van der Waals surface area contributed by atoms with Crippen molar-refractivity contribution in [3.8, 4) is 22.1 Å². The molecule has 0 saturated carbocycles. The van der Waals surface area contributed by atoms with Crippen molar-refractivity contribution in [1.82, 2.24) is 10.3 Å². The quantitative estimate of drug-likeness (QED) is 0.913. The van der Waals surface area contributed by atoms with Gasteiger partial charge < -0.3 is 14.8 Å². The fourth-order valence-electron chi connectivity index (χ4n) is 1.81. The molecule has 0 aliphatic rings. The Kier molecular flexibility index (Phi) is 4.39. The molecule has 0 aliphatic heterocycles. The van der Waals surface area contributed by atoms with Gasteiger partial charge in [0.15, 0.2) is 0 Å². The average molecular weight is 278 g/mol. The molecule has 102 valence electrons. The van der Waals surface area contributed by atoms with E-state index in [1.807, 2.05) is 32.2 Å². The monoisotopic (exact) mass is 278 g/mol. The summed E-state index contributed by atoms with van der Waals surface area (Å²) in [5.41, 5.74) is 2.09. The van der Waals surface area contributed by atoms with Crippen LogP contribution in [-0.2, 0) is 6.54 Å². The van der Waals surface area contributed by atoms with Gasteiger partial charge >= 0.3 is 0 Å². The van der Waals surface area contributed by atoms with Crippen LogP contribution in [0.5, 0.6) is 11.5 Å². The molecule has 4 nitrogen and oxygen atoms in total. The maximum Gasteiger partial charge on any atom is 0.124 e. The molecule has 0 aliphatic carbocycles. The number of hydrogen-bond acceptors (Lipinski definition) is 5. The van der Waals surface area contributed by atoms with Crippen molar-refractivity contribution in [3.63, 3.8) is 0 Å². The SMILES string of the molecule is CNCc1sc(-c2cc(OC)cc(OC)c2)nc1C. The molecule has 0 radical (unpaired) electrons. The van der Waals surface area contributed by atoms with Gasteiger partial charge in [-0.25, -0.2) is 4.98 Å². The lowest BCUT2D eigenvalue weighted by Gasteiger charge is -2.06. The minimum Gasteiger partial charge on any atom is -0.497 e. The highest BCUT2D eigenvalue weighted by Gasteiger charge is 2.11. The zero-order chi connectivity index (χ0) is 13.8. The summed E-state index contributed by atoms with van der Waals surface area (Å²) in [6.07, 6.45) is 0. The number of thiazole rings is 1. The van der Waals surface area contributed by atoms with Crippen molar-refractivity contribution in [1.29, 1.82) is 0 Å². The summed E-state index contributed by atoms with van der Waals surface area (Å²) in [5, 5.41) is 4.14. The molecule has 1 aromatic heterocycles. The molecule has 0 unspecified atom stereocenters. The highest BCUT2D eigenvalue weighted by molar-refractivity contribution is 7.15. The first kappa shape index (κ1) is 13.8. The number of aryl methyl sites for hydroxylation is 1. The second-order valence-electron chi connectivity index (χ2n) is 4.16. The van der Waals surface area contributed by atoms with Gasteiger partial charge in [-0.15, -0.1) is 11.3 Å². The normalized spacial score (nSPS) is 10.5. The van der Waals surface area contributed by atoms with Crippen molar-refractivity contribution in [2.45, 2.75) is 13.5 Å². The molecule has 0 spiro atoms. The number of rotatable bonds is 5. The van der Waals surface area contributed by atoms with Crippen molar-refractivity contribution in [3.05, 3.63) is 28.8 Å². The number of ether oxygens (including phenoxy) is 2. The van der Waals surface area contributed by atoms with Crippen molar-refractivity contribution < 1.29 is 9.47 Å². The van der Waals surface area contributed by atoms with E-state index in [1.165, 1.54) is 4.88 Å². The fourth-order valence-corrected chi connectivity index (χ4v) is 2.87. The van der Waals surface area contributed by atoms with Crippen LogP contribution in [-0.4, -0.2) is 26.3 Å². The van der Waals surface area contributed by atoms with E-state index in [1.54, 1.807) is 25.6 Å². The van der Waals surface area contributed by atoms with Gasteiger partial charge in [-0.1, -0.05) is 0 Å². The Morgan fingerprint density at radius 2 is 1.79 bits per heavy atom. The van der Waals surface area contributed by atoms with Gasteiger partial charge in [0, 0.05) is 23.1 Å². The summed E-state index contributed by atoms with van der Waals surface area (Å²) in [6, 6.07) is 5.81. The zero-order valence-electron chi connectivity index (χ0n) is 11.6. The molecule has 19 heavy (non-hydrogen) atoms. The van der Waals surface area contributed by atoms with Crippen LogP contribution in [0.4, 0.5) is 0 Å². The molecule has 5 heteroatoms. The highest BCUT2D eigenvalue weighted by Crippen LogP contribution is 2.33. The predicted octanol–water partition coefficient (Wildman–Crippen LogP) is 2.86. The Morgan fingerprint density at radius 3 is 2.32 bits per heavy atom. The Bertz CT molecular complexity index is 544. The van der Waals surface area contributed by atoms with Crippen molar-refractivity contribution in [2.24, 2.45) is 0 Å². The summed E-state index contributed by atoms with van der Waals surface area (Å²) < 4.78 is 10.6. The first-order chi connectivity index (χ1) is 9.17. The summed E-state index contributed by atoms with van der Waals surface area (Å²) in [4.78, 5) is 5.87. The lowest BCUT2D eigenvalue weighted by Crippen LogP contribution is -2.04. The Labute approximate surface area is 117 Å². The van der Waals surface area contributed by atoms with Crippen molar-refractivity contribution in [2.75, 3.05) is 21.3 Å². The van der Waals surface area contributed by atoms with Crippen LogP contribution < -0.4 is 14.8 Å². The van der Waals surface area contributed by atoms with Crippen molar-refractivity contribution >= 4 is 11.3 Å². The van der Waals surface area contributed by atoms with Gasteiger partial charge in [0.1, 0.15) is 16.5 Å². The molecule has 1 heterocycles. The van der Waals surface area contributed by atoms with Gasteiger partial charge in [-0.3, -0.25) is 0 Å². The number of hydrogen-bond donors (Lipinski definition) is 1. The molecule has 0 bridgehead atoms. The Balaban J connectivity index is 2.42. The third kappa shape index (κ3) is 3.05. The topological polar surface area (TPSA) is 43.4 Å². The van der Waals surface area contributed by atoms with E-state index in [2.05, 4.69) is 10.3 Å². The summed E-state index contributed by atoms with van der Waals surface area (Å²) in [5.74, 6) is 1.55. The van der Waals surface area contributed by atoms with E-state index >= 15 is 0 Å². The van der Waals surface area contributed by atoms with E-state index in [0.29, 0.717) is 0 Å². The summed E-state index contributed by atoms with van der Waals surface area (Å²) in [6.45, 7) is 2.87. The molecule has 2 aromatic rings. The minimum absolute atomic E-state index is 0.775. The molecular weight excluding hydrogens is 260 g/mol. The van der Waals surface area contributed by atoms with Crippen LogP contribution in [0.1, 0.15) is 10.6 Å². The number of methoxy groups -OCH3 is 2. The zero-order valence-corrected chi connectivity index (χ0v) is 12.4. The third-order valence-corrected chi connectivity index (χ3v) is 4.03. The number of nitrogens with one attached hydrogen (secondary N) is 1. The van der Waals surface area contributed by atoms with E-state index in [9.17, 15) is 0 Å². The third-order valence-electron chi connectivity index (χ3n) is 2.83. The molecule has 0 amide bonds. The van der Waals surface area contributed by atoms with Gasteiger partial charge in [-0.2, -0.15) is 0 Å². The summed E-state index contributed by atoms with van der Waals surface area (Å²) in [7, 11) is 5.24. The van der Waals surface area contributed by atoms with Gasteiger partial charge in [0.25, 0.3) is 0 Å². The second-order valence-corrected chi connectivity index (χ2v) is 5.24. The largest absolute Gasteiger partial charge is 0.497 e. The maximum atomic E-state index is 5.29. The number of nitrogens with zero attached hydrogens (tertiary/aromatic N) is 1. The molecular formula is C14H18N2O2S. The highest BCUT2D eigenvalue weighted by atomic mass is 32.1. The Hall–Kier alpha value is -1.59. The molecule has 0 atom stereocenters. The molecule has 1 N–H and O–H groups in total. The van der Waals surface area contributed by atoms with Crippen LogP contribution in [0, 0.1) is 6.92 Å². The maximum absolute atomic E-state index is 5.29. The number of aromatic nitrogens is 1. The number of benzene rings is 1. The molecule has 2 rings (SSSR count). The lowest BCUT2D eigenvalue weighted by molar-refractivity contribution is 0.394. The van der Waals surface area contributed by atoms with E-state index < -0.39 is 0 Å². The molecule has 1 aromatic carbocycles. The van der Waals surface area contributed by atoms with Crippen LogP contribution in [0.25, 0.3) is 10.6 Å².